The Kier molecular flexibility index (Phi) is 14.6. The van der Waals surface area contributed by atoms with E-state index in [-0.39, 0.29) is 12.7 Å². The summed E-state index contributed by atoms with van der Waals surface area (Å²) in [5.41, 5.74) is 0. The Hall–Kier alpha value is -1.33. The molecule has 5 heteroatoms. The lowest BCUT2D eigenvalue weighted by Gasteiger charge is -2.10. The largest absolute Gasteiger partial charge is 0.499 e. The summed E-state index contributed by atoms with van der Waals surface area (Å²) in [4.78, 5) is 9.25. The van der Waals surface area contributed by atoms with Gasteiger partial charge in [0.15, 0.2) is 0 Å². The van der Waals surface area contributed by atoms with E-state index in [0.29, 0.717) is 19.6 Å². The van der Waals surface area contributed by atoms with Crippen molar-refractivity contribution in [2.45, 2.75) is 19.4 Å². The monoisotopic (exact) mass is 232 g/mol. The van der Waals surface area contributed by atoms with Crippen molar-refractivity contribution in [3.63, 3.8) is 0 Å². The third-order valence-corrected chi connectivity index (χ3v) is 1.43. The number of aliphatic hydroxyl groups excluding tert-OH is 1. The summed E-state index contributed by atoms with van der Waals surface area (Å²) in [5.74, 6) is -0.981. The first-order chi connectivity index (χ1) is 7.58. The normalized spacial score (nSPS) is 10.6. The molecule has 0 radical (unpaired) electrons. The minimum atomic E-state index is -0.981. The van der Waals surface area contributed by atoms with Crippen molar-refractivity contribution < 1.29 is 24.5 Å². The predicted molar refractivity (Wildman–Crippen MR) is 61.1 cm³/mol. The molecule has 1 unspecified atom stereocenters. The molecule has 0 aliphatic rings. The highest BCUT2D eigenvalue weighted by Gasteiger charge is 1.99. The zero-order chi connectivity index (χ0) is 12.8. The lowest BCUT2D eigenvalue weighted by molar-refractivity contribution is -0.131. The molecule has 0 bridgehead atoms. The van der Waals surface area contributed by atoms with Gasteiger partial charge in [0, 0.05) is 12.7 Å². The van der Waals surface area contributed by atoms with Gasteiger partial charge in [-0.3, -0.25) is 0 Å². The highest BCUT2D eigenvalue weighted by molar-refractivity contribution is 5.78. The molecule has 0 aliphatic heterocycles. The van der Waals surface area contributed by atoms with E-state index in [1.807, 2.05) is 6.92 Å². The second kappa shape index (κ2) is 13.7. The molecule has 5 nitrogen and oxygen atoms in total. The minimum absolute atomic E-state index is 0.105. The van der Waals surface area contributed by atoms with E-state index in [2.05, 4.69) is 13.2 Å². The van der Waals surface area contributed by atoms with Gasteiger partial charge in [0.1, 0.15) is 6.61 Å². The van der Waals surface area contributed by atoms with Crippen LogP contribution in [0.5, 0.6) is 0 Å². The quantitative estimate of drug-likeness (QED) is 0.373. The maximum Gasteiger partial charge on any atom is 0.327 e. The summed E-state index contributed by atoms with van der Waals surface area (Å²) < 4.78 is 10.1. The van der Waals surface area contributed by atoms with Gasteiger partial charge in [0.25, 0.3) is 0 Å². The van der Waals surface area contributed by atoms with Crippen LogP contribution in [0.25, 0.3) is 0 Å². The fourth-order valence-electron chi connectivity index (χ4n) is 0.646. The SMILES string of the molecule is C=CC(=O)O.C=COCCOC(C)CCO. The number of hydrogen-bond acceptors (Lipinski definition) is 4. The van der Waals surface area contributed by atoms with E-state index in [9.17, 15) is 4.79 Å². The van der Waals surface area contributed by atoms with Crippen molar-refractivity contribution in [3.05, 3.63) is 25.5 Å². The molecule has 0 aromatic heterocycles. The van der Waals surface area contributed by atoms with Crippen LogP contribution in [0, 0.1) is 0 Å². The molecule has 0 heterocycles. The summed E-state index contributed by atoms with van der Waals surface area (Å²) >= 11 is 0. The minimum Gasteiger partial charge on any atom is -0.499 e. The fourth-order valence-corrected chi connectivity index (χ4v) is 0.646. The van der Waals surface area contributed by atoms with Crippen molar-refractivity contribution in [2.24, 2.45) is 0 Å². The van der Waals surface area contributed by atoms with Gasteiger partial charge in [-0.05, 0) is 13.3 Å². The van der Waals surface area contributed by atoms with Crippen LogP contribution in [0.1, 0.15) is 13.3 Å². The molecular formula is C11H20O5. The lowest BCUT2D eigenvalue weighted by Crippen LogP contribution is -2.13. The predicted octanol–water partition coefficient (Wildman–Crippen LogP) is 1.19. The Labute approximate surface area is 96.0 Å². The van der Waals surface area contributed by atoms with E-state index in [4.69, 9.17) is 19.7 Å². The van der Waals surface area contributed by atoms with Gasteiger partial charge >= 0.3 is 5.97 Å². The number of carbonyl (C=O) groups is 1. The Bertz CT molecular complexity index is 191. The molecule has 0 fully saturated rings. The number of carboxylic acids is 1. The van der Waals surface area contributed by atoms with E-state index < -0.39 is 5.97 Å². The lowest BCUT2D eigenvalue weighted by atomic mass is 10.3. The molecule has 0 saturated heterocycles. The average Bonchev–Trinajstić information content (AvgIpc) is 2.26. The molecule has 0 amide bonds. The zero-order valence-corrected chi connectivity index (χ0v) is 9.59. The molecule has 0 spiro atoms. The molecular weight excluding hydrogens is 212 g/mol. The summed E-state index contributed by atoms with van der Waals surface area (Å²) in [6.45, 7) is 9.52. The van der Waals surface area contributed by atoms with Gasteiger partial charge in [-0.25, -0.2) is 4.79 Å². The summed E-state index contributed by atoms with van der Waals surface area (Å²) in [7, 11) is 0. The van der Waals surface area contributed by atoms with E-state index in [0.717, 1.165) is 6.08 Å². The fraction of sp³-hybridized carbons (Fsp3) is 0.545. The number of aliphatic hydroxyl groups is 1. The Morgan fingerprint density at radius 1 is 1.44 bits per heavy atom. The summed E-state index contributed by atoms with van der Waals surface area (Å²) in [6, 6.07) is 0. The third kappa shape index (κ3) is 18.5. The first-order valence-electron chi connectivity index (χ1n) is 4.88. The number of aliphatic carboxylic acids is 1. The van der Waals surface area contributed by atoms with Crippen LogP contribution in [-0.2, 0) is 14.3 Å². The van der Waals surface area contributed by atoms with Gasteiger partial charge < -0.3 is 19.7 Å². The molecule has 94 valence electrons. The van der Waals surface area contributed by atoms with E-state index in [1.165, 1.54) is 6.26 Å². The molecule has 16 heavy (non-hydrogen) atoms. The second-order valence-electron chi connectivity index (χ2n) is 2.77. The first kappa shape index (κ1) is 17.1. The van der Waals surface area contributed by atoms with Gasteiger partial charge in [-0.2, -0.15) is 0 Å². The van der Waals surface area contributed by atoms with Crippen LogP contribution in [0.4, 0.5) is 0 Å². The van der Waals surface area contributed by atoms with Gasteiger partial charge in [-0.1, -0.05) is 13.2 Å². The van der Waals surface area contributed by atoms with Crippen LogP contribution in [0.2, 0.25) is 0 Å². The molecule has 2 N–H and O–H groups in total. The van der Waals surface area contributed by atoms with Crippen LogP contribution >= 0.6 is 0 Å². The molecule has 0 aromatic carbocycles. The number of rotatable bonds is 8. The third-order valence-electron chi connectivity index (χ3n) is 1.43. The molecule has 0 aliphatic carbocycles. The van der Waals surface area contributed by atoms with Gasteiger partial charge in [0.05, 0.1) is 19.0 Å². The number of ether oxygens (including phenoxy) is 2. The molecule has 0 saturated carbocycles. The Balaban J connectivity index is 0. The molecule has 0 aromatic rings. The topological polar surface area (TPSA) is 76.0 Å². The van der Waals surface area contributed by atoms with Crippen molar-refractivity contribution in [3.8, 4) is 0 Å². The summed E-state index contributed by atoms with van der Waals surface area (Å²) in [5, 5.41) is 16.1. The highest BCUT2D eigenvalue weighted by Crippen LogP contribution is 1.95. The average molecular weight is 232 g/mol. The first-order valence-corrected chi connectivity index (χ1v) is 4.88. The van der Waals surface area contributed by atoms with Crippen LogP contribution in [0.15, 0.2) is 25.5 Å². The molecule has 1 atom stereocenters. The second-order valence-corrected chi connectivity index (χ2v) is 2.77. The maximum absolute atomic E-state index is 9.25. The van der Waals surface area contributed by atoms with Crippen LogP contribution in [-0.4, -0.2) is 42.1 Å². The zero-order valence-electron chi connectivity index (χ0n) is 9.59. The van der Waals surface area contributed by atoms with Crippen LogP contribution < -0.4 is 0 Å². The number of hydrogen-bond donors (Lipinski definition) is 2. The smallest absolute Gasteiger partial charge is 0.327 e. The van der Waals surface area contributed by atoms with Crippen molar-refractivity contribution in [1.29, 1.82) is 0 Å². The van der Waals surface area contributed by atoms with Crippen molar-refractivity contribution in [2.75, 3.05) is 19.8 Å². The van der Waals surface area contributed by atoms with Crippen LogP contribution in [0.3, 0.4) is 0 Å². The maximum atomic E-state index is 9.25. The van der Waals surface area contributed by atoms with Gasteiger partial charge in [0.2, 0.25) is 0 Å². The summed E-state index contributed by atoms with van der Waals surface area (Å²) in [6.07, 6.45) is 3.00. The van der Waals surface area contributed by atoms with Crippen molar-refractivity contribution >= 4 is 5.97 Å². The van der Waals surface area contributed by atoms with Gasteiger partial charge in [-0.15, -0.1) is 0 Å². The Morgan fingerprint density at radius 2 is 2.00 bits per heavy atom. The standard InChI is InChI=1S/C8H16O3.C3H4O2/c1-3-10-6-7-11-8(2)4-5-9;1-2-3(4)5/h3,8-9H,1,4-7H2,2H3;2H,1H2,(H,4,5). The highest BCUT2D eigenvalue weighted by atomic mass is 16.5. The number of carboxylic acid groups (broad SMARTS) is 1. The van der Waals surface area contributed by atoms with E-state index in [1.54, 1.807) is 0 Å². The van der Waals surface area contributed by atoms with E-state index >= 15 is 0 Å². The van der Waals surface area contributed by atoms with Crippen molar-refractivity contribution in [1.82, 2.24) is 0 Å². The Morgan fingerprint density at radius 3 is 2.38 bits per heavy atom. The molecule has 0 rings (SSSR count).